The fourth-order valence-corrected chi connectivity index (χ4v) is 3.04. The van der Waals surface area contributed by atoms with Gasteiger partial charge in [0.1, 0.15) is 12.1 Å². The largest absolute Gasteiger partial charge is 0.340 e. The Morgan fingerprint density at radius 2 is 1.75 bits per heavy atom. The molecule has 8 heteroatoms. The lowest BCUT2D eigenvalue weighted by molar-refractivity contribution is 0.102. The van der Waals surface area contributed by atoms with Crippen molar-refractivity contribution < 1.29 is 4.79 Å². The van der Waals surface area contributed by atoms with Gasteiger partial charge >= 0.3 is 0 Å². The number of nitrogens with one attached hydrogen (secondary N) is 2. The zero-order valence-electron chi connectivity index (χ0n) is 14.6. The van der Waals surface area contributed by atoms with E-state index < -0.39 is 0 Å². The van der Waals surface area contributed by atoms with Crippen molar-refractivity contribution in [1.82, 2.24) is 19.7 Å². The van der Waals surface area contributed by atoms with E-state index in [0.29, 0.717) is 22.9 Å². The molecular formula is C20H15BrN6O. The van der Waals surface area contributed by atoms with Crippen LogP contribution in [0.15, 0.2) is 83.9 Å². The van der Waals surface area contributed by atoms with Gasteiger partial charge in [0.05, 0.1) is 5.56 Å². The highest BCUT2D eigenvalue weighted by atomic mass is 79.9. The number of rotatable bonds is 5. The van der Waals surface area contributed by atoms with Crippen molar-refractivity contribution in [1.29, 1.82) is 0 Å². The predicted octanol–water partition coefficient (Wildman–Crippen LogP) is 4.42. The Bertz CT molecular complexity index is 1100. The third kappa shape index (κ3) is 4.07. The summed E-state index contributed by atoms with van der Waals surface area (Å²) in [6, 6.07) is 18.3. The Morgan fingerprint density at radius 1 is 0.964 bits per heavy atom. The van der Waals surface area contributed by atoms with Gasteiger partial charge in [0, 0.05) is 34.3 Å². The molecule has 7 nitrogen and oxygen atoms in total. The highest BCUT2D eigenvalue weighted by Crippen LogP contribution is 2.21. The van der Waals surface area contributed by atoms with E-state index in [4.69, 9.17) is 0 Å². The fourth-order valence-electron chi connectivity index (χ4n) is 2.57. The molecule has 2 aromatic heterocycles. The van der Waals surface area contributed by atoms with E-state index in [0.717, 1.165) is 10.2 Å². The van der Waals surface area contributed by atoms with Crippen molar-refractivity contribution in [3.05, 3.63) is 89.4 Å². The van der Waals surface area contributed by atoms with Gasteiger partial charge in [-0.05, 0) is 58.4 Å². The lowest BCUT2D eigenvalue weighted by atomic mass is 10.2. The number of carbonyl (C=O) groups is 1. The van der Waals surface area contributed by atoms with E-state index in [9.17, 15) is 4.79 Å². The number of anilines is 3. The van der Waals surface area contributed by atoms with Crippen LogP contribution in [0.1, 0.15) is 10.4 Å². The van der Waals surface area contributed by atoms with Gasteiger partial charge in [-0.25, -0.2) is 14.6 Å². The molecule has 0 spiro atoms. The van der Waals surface area contributed by atoms with E-state index in [2.05, 4.69) is 41.6 Å². The van der Waals surface area contributed by atoms with Gasteiger partial charge < -0.3 is 10.6 Å². The molecule has 0 aliphatic heterocycles. The van der Waals surface area contributed by atoms with Crippen molar-refractivity contribution in [3.63, 3.8) is 0 Å². The summed E-state index contributed by atoms with van der Waals surface area (Å²) in [6.45, 7) is 0. The first kappa shape index (κ1) is 17.9. The highest BCUT2D eigenvalue weighted by molar-refractivity contribution is 9.10. The summed E-state index contributed by atoms with van der Waals surface area (Å²) in [5, 5.41) is 10.3. The minimum Gasteiger partial charge on any atom is -0.340 e. The number of hydrogen-bond donors (Lipinski definition) is 2. The Kier molecular flexibility index (Phi) is 5.11. The molecule has 0 bridgehead atoms. The van der Waals surface area contributed by atoms with Gasteiger partial charge in [0.15, 0.2) is 5.82 Å². The Balaban J connectivity index is 1.45. The third-order valence-electron chi connectivity index (χ3n) is 3.93. The maximum absolute atomic E-state index is 12.4. The Morgan fingerprint density at radius 3 is 2.50 bits per heavy atom. The van der Waals surface area contributed by atoms with Crippen LogP contribution in [0.2, 0.25) is 0 Å². The summed E-state index contributed by atoms with van der Waals surface area (Å²) >= 11 is 3.39. The molecule has 4 rings (SSSR count). The maximum atomic E-state index is 12.4. The van der Waals surface area contributed by atoms with Gasteiger partial charge in [-0.15, -0.1) is 0 Å². The average Bonchev–Trinajstić information content (AvgIpc) is 3.25. The first-order chi connectivity index (χ1) is 13.7. The van der Waals surface area contributed by atoms with Crippen LogP contribution in [0.4, 0.5) is 17.2 Å². The summed E-state index contributed by atoms with van der Waals surface area (Å²) in [4.78, 5) is 20.8. The molecule has 0 radical (unpaired) electrons. The SMILES string of the molecule is O=C(Nc1ccc(Nc2cc(-n3cccn3)ncn2)cc1)c1ccccc1Br. The maximum Gasteiger partial charge on any atom is 0.256 e. The monoisotopic (exact) mass is 434 g/mol. The van der Waals surface area contributed by atoms with Gasteiger partial charge in [0.25, 0.3) is 5.91 Å². The van der Waals surface area contributed by atoms with Crippen LogP contribution in [0, 0.1) is 0 Å². The Labute approximate surface area is 169 Å². The fraction of sp³-hybridized carbons (Fsp3) is 0. The number of amides is 1. The standard InChI is InChI=1S/C20H15BrN6O/c21-17-5-2-1-4-16(17)20(28)26-15-8-6-14(7-9-15)25-18-12-19(23-13-22-18)27-11-3-10-24-27/h1-13H,(H,26,28)(H,22,23,25). The molecule has 0 aliphatic carbocycles. The van der Waals surface area contributed by atoms with Crippen LogP contribution < -0.4 is 10.6 Å². The lowest BCUT2D eigenvalue weighted by Gasteiger charge is -2.09. The van der Waals surface area contributed by atoms with Crippen LogP contribution >= 0.6 is 15.9 Å². The quantitative estimate of drug-likeness (QED) is 0.485. The van der Waals surface area contributed by atoms with Gasteiger partial charge in [-0.2, -0.15) is 5.10 Å². The first-order valence-corrected chi connectivity index (χ1v) is 9.23. The van der Waals surface area contributed by atoms with E-state index in [1.807, 2.05) is 54.7 Å². The zero-order valence-corrected chi connectivity index (χ0v) is 16.2. The van der Waals surface area contributed by atoms with Crippen molar-refractivity contribution >= 4 is 39.0 Å². The van der Waals surface area contributed by atoms with Gasteiger partial charge in [-0.3, -0.25) is 4.79 Å². The number of nitrogens with zero attached hydrogens (tertiary/aromatic N) is 4. The topological polar surface area (TPSA) is 84.7 Å². The van der Waals surface area contributed by atoms with E-state index in [-0.39, 0.29) is 5.91 Å². The highest BCUT2D eigenvalue weighted by Gasteiger charge is 2.09. The molecule has 2 aromatic carbocycles. The van der Waals surface area contributed by atoms with Crippen LogP contribution in [0.5, 0.6) is 0 Å². The van der Waals surface area contributed by atoms with E-state index in [1.54, 1.807) is 23.0 Å². The minimum atomic E-state index is -0.173. The lowest BCUT2D eigenvalue weighted by Crippen LogP contribution is -2.12. The van der Waals surface area contributed by atoms with Crippen LogP contribution in [-0.4, -0.2) is 25.7 Å². The summed E-state index contributed by atoms with van der Waals surface area (Å²) in [5.74, 6) is 1.14. The molecule has 0 unspecified atom stereocenters. The summed E-state index contributed by atoms with van der Waals surface area (Å²) in [5.41, 5.74) is 2.12. The second-order valence-electron chi connectivity index (χ2n) is 5.85. The number of halogens is 1. The molecule has 138 valence electrons. The smallest absolute Gasteiger partial charge is 0.256 e. The van der Waals surface area contributed by atoms with Crippen molar-refractivity contribution in [3.8, 4) is 5.82 Å². The van der Waals surface area contributed by atoms with Crippen LogP contribution in [0.3, 0.4) is 0 Å². The second kappa shape index (κ2) is 8.01. The molecule has 4 aromatic rings. The molecule has 0 atom stereocenters. The zero-order chi connectivity index (χ0) is 19.3. The van der Waals surface area contributed by atoms with Crippen LogP contribution in [0.25, 0.3) is 5.82 Å². The van der Waals surface area contributed by atoms with Crippen LogP contribution in [-0.2, 0) is 0 Å². The van der Waals surface area contributed by atoms with Crippen molar-refractivity contribution in [2.24, 2.45) is 0 Å². The molecule has 28 heavy (non-hydrogen) atoms. The average molecular weight is 435 g/mol. The molecule has 2 N–H and O–H groups in total. The molecule has 2 heterocycles. The summed E-state index contributed by atoms with van der Waals surface area (Å²) in [7, 11) is 0. The van der Waals surface area contributed by atoms with Crippen molar-refractivity contribution in [2.75, 3.05) is 10.6 Å². The summed E-state index contributed by atoms with van der Waals surface area (Å²) in [6.07, 6.45) is 4.98. The van der Waals surface area contributed by atoms with E-state index in [1.165, 1.54) is 6.33 Å². The second-order valence-corrected chi connectivity index (χ2v) is 6.70. The molecule has 0 aliphatic rings. The Hall–Kier alpha value is -3.52. The number of carbonyl (C=O) groups excluding carboxylic acids is 1. The first-order valence-electron chi connectivity index (χ1n) is 8.44. The third-order valence-corrected chi connectivity index (χ3v) is 4.62. The van der Waals surface area contributed by atoms with Gasteiger partial charge in [0.2, 0.25) is 0 Å². The normalized spacial score (nSPS) is 10.5. The minimum absolute atomic E-state index is 0.173. The molecule has 0 fully saturated rings. The molecule has 0 saturated heterocycles. The molecule has 1 amide bonds. The number of aromatic nitrogens is 4. The molecular weight excluding hydrogens is 420 g/mol. The van der Waals surface area contributed by atoms with Gasteiger partial charge in [-0.1, -0.05) is 12.1 Å². The molecule has 0 saturated carbocycles. The number of hydrogen-bond acceptors (Lipinski definition) is 5. The van der Waals surface area contributed by atoms with E-state index >= 15 is 0 Å². The number of benzene rings is 2. The predicted molar refractivity (Wildman–Crippen MR) is 111 cm³/mol. The summed E-state index contributed by atoms with van der Waals surface area (Å²) < 4.78 is 2.41. The van der Waals surface area contributed by atoms with Crippen molar-refractivity contribution in [2.45, 2.75) is 0 Å².